The van der Waals surface area contributed by atoms with E-state index in [1.54, 1.807) is 0 Å². The molecule has 1 aliphatic heterocycles. The van der Waals surface area contributed by atoms with Crippen LogP contribution in [-0.4, -0.2) is 48.6 Å². The van der Waals surface area contributed by atoms with Crippen LogP contribution in [0.2, 0.25) is 0 Å². The van der Waals surface area contributed by atoms with Crippen LogP contribution in [0.3, 0.4) is 0 Å². The van der Waals surface area contributed by atoms with Gasteiger partial charge in [-0.2, -0.15) is 0 Å². The van der Waals surface area contributed by atoms with Crippen LogP contribution in [0.15, 0.2) is 54.6 Å². The number of nitrogens with zero attached hydrogens (tertiary/aromatic N) is 2. The maximum Gasteiger partial charge on any atom is 0.230 e. The Bertz CT molecular complexity index is 756. The molecule has 0 aromatic heterocycles. The summed E-state index contributed by atoms with van der Waals surface area (Å²) in [6.07, 6.45) is 0.311. The molecule has 1 heterocycles. The van der Waals surface area contributed by atoms with Crippen LogP contribution in [0.5, 0.6) is 0 Å². The van der Waals surface area contributed by atoms with Gasteiger partial charge in [0.05, 0.1) is 6.42 Å². The second-order valence-electron chi connectivity index (χ2n) is 6.63. The number of hydrogen-bond acceptors (Lipinski definition) is 4. The summed E-state index contributed by atoms with van der Waals surface area (Å²) >= 11 is 5.25. The van der Waals surface area contributed by atoms with Gasteiger partial charge in [0, 0.05) is 37.6 Å². The standard InChI is InChI=1S/C21H26N4OS/c1-2-24-12-14-25(15-13-24)19-10-8-18(9-11-19)22-21(27)23-20(26)16-17-6-4-3-5-7-17/h3-11H,2,12-16H2,1H3,(H2,22,23,26,27). The number of thiocarbonyl (C=S) groups is 1. The van der Waals surface area contributed by atoms with Crippen molar-refractivity contribution in [2.45, 2.75) is 13.3 Å². The molecule has 0 bridgehead atoms. The molecule has 142 valence electrons. The summed E-state index contributed by atoms with van der Waals surface area (Å²) in [5.74, 6) is -0.121. The number of piperazine rings is 1. The molecule has 0 saturated carbocycles. The normalized spacial score (nSPS) is 14.6. The summed E-state index contributed by atoms with van der Waals surface area (Å²) in [4.78, 5) is 16.9. The van der Waals surface area contributed by atoms with E-state index in [1.165, 1.54) is 5.69 Å². The summed E-state index contributed by atoms with van der Waals surface area (Å²) in [5.41, 5.74) is 3.05. The topological polar surface area (TPSA) is 47.6 Å². The smallest absolute Gasteiger partial charge is 0.230 e. The largest absolute Gasteiger partial charge is 0.369 e. The molecule has 0 atom stereocenters. The molecule has 1 aliphatic rings. The van der Waals surface area contributed by atoms with Crippen molar-refractivity contribution in [3.63, 3.8) is 0 Å². The number of benzene rings is 2. The Hall–Kier alpha value is -2.44. The van der Waals surface area contributed by atoms with Gasteiger partial charge in [0.25, 0.3) is 0 Å². The summed E-state index contributed by atoms with van der Waals surface area (Å²) in [6.45, 7) is 7.63. The molecule has 3 rings (SSSR count). The fraction of sp³-hybridized carbons (Fsp3) is 0.333. The van der Waals surface area contributed by atoms with E-state index in [0.717, 1.165) is 44.0 Å². The van der Waals surface area contributed by atoms with Crippen LogP contribution in [0.25, 0.3) is 0 Å². The summed E-state index contributed by atoms with van der Waals surface area (Å²) in [7, 11) is 0. The Morgan fingerprint density at radius 1 is 1.00 bits per heavy atom. The zero-order valence-electron chi connectivity index (χ0n) is 15.6. The molecule has 0 unspecified atom stereocenters. The number of nitrogens with one attached hydrogen (secondary N) is 2. The highest BCUT2D eigenvalue weighted by Crippen LogP contribution is 2.19. The van der Waals surface area contributed by atoms with Crippen LogP contribution < -0.4 is 15.5 Å². The maximum atomic E-state index is 12.1. The molecule has 27 heavy (non-hydrogen) atoms. The maximum absolute atomic E-state index is 12.1. The Morgan fingerprint density at radius 3 is 2.30 bits per heavy atom. The van der Waals surface area contributed by atoms with Gasteiger partial charge in [-0.05, 0) is 48.6 Å². The second-order valence-corrected chi connectivity index (χ2v) is 7.04. The first kappa shape index (κ1) is 19.3. The SMILES string of the molecule is CCN1CCN(c2ccc(NC(=S)NC(=O)Cc3ccccc3)cc2)CC1. The van der Waals surface area contributed by atoms with Gasteiger partial charge in [0.2, 0.25) is 5.91 Å². The lowest BCUT2D eigenvalue weighted by Gasteiger charge is -2.35. The van der Waals surface area contributed by atoms with Gasteiger partial charge >= 0.3 is 0 Å². The van der Waals surface area contributed by atoms with Gasteiger partial charge in [-0.3, -0.25) is 4.79 Å². The minimum Gasteiger partial charge on any atom is -0.369 e. The Labute approximate surface area is 166 Å². The van der Waals surface area contributed by atoms with E-state index in [1.807, 2.05) is 42.5 Å². The van der Waals surface area contributed by atoms with Crippen molar-refractivity contribution >= 4 is 34.6 Å². The first-order valence-corrected chi connectivity index (χ1v) is 9.77. The third kappa shape index (κ3) is 5.77. The van der Waals surface area contributed by atoms with Crippen LogP contribution in [0, 0.1) is 0 Å². The summed E-state index contributed by atoms with van der Waals surface area (Å²) in [5, 5.41) is 6.13. The van der Waals surface area contributed by atoms with Crippen molar-refractivity contribution < 1.29 is 4.79 Å². The van der Waals surface area contributed by atoms with Crippen molar-refractivity contribution in [2.24, 2.45) is 0 Å². The van der Waals surface area contributed by atoms with E-state index in [2.05, 4.69) is 39.5 Å². The quantitative estimate of drug-likeness (QED) is 0.779. The third-order valence-corrected chi connectivity index (χ3v) is 4.97. The minimum absolute atomic E-state index is 0.121. The summed E-state index contributed by atoms with van der Waals surface area (Å²) in [6, 6.07) is 17.8. The molecule has 2 N–H and O–H groups in total. The number of rotatable bonds is 5. The zero-order chi connectivity index (χ0) is 19.1. The molecule has 5 nitrogen and oxygen atoms in total. The molecule has 0 spiro atoms. The average molecular weight is 383 g/mol. The van der Waals surface area contributed by atoms with Gasteiger partial charge in [0.1, 0.15) is 0 Å². The lowest BCUT2D eigenvalue weighted by atomic mass is 10.1. The van der Waals surface area contributed by atoms with Crippen LogP contribution in [-0.2, 0) is 11.2 Å². The van der Waals surface area contributed by atoms with Crippen LogP contribution >= 0.6 is 12.2 Å². The average Bonchev–Trinajstić information content (AvgIpc) is 2.69. The number of carbonyl (C=O) groups is 1. The monoisotopic (exact) mass is 382 g/mol. The molecule has 1 fully saturated rings. The number of amides is 1. The number of anilines is 2. The number of likely N-dealkylation sites (N-methyl/N-ethyl adjacent to an activating group) is 1. The minimum atomic E-state index is -0.121. The first-order chi connectivity index (χ1) is 13.1. The first-order valence-electron chi connectivity index (χ1n) is 9.36. The predicted octanol–water partition coefficient (Wildman–Crippen LogP) is 2.88. The zero-order valence-corrected chi connectivity index (χ0v) is 16.5. The Morgan fingerprint density at radius 2 is 1.67 bits per heavy atom. The van der Waals surface area contributed by atoms with E-state index < -0.39 is 0 Å². The number of carbonyl (C=O) groups excluding carboxylic acids is 1. The van der Waals surface area contributed by atoms with E-state index in [0.29, 0.717) is 11.5 Å². The van der Waals surface area contributed by atoms with Crippen molar-refractivity contribution in [1.82, 2.24) is 10.2 Å². The fourth-order valence-electron chi connectivity index (χ4n) is 3.19. The third-order valence-electron chi connectivity index (χ3n) is 4.77. The molecular weight excluding hydrogens is 356 g/mol. The highest BCUT2D eigenvalue weighted by molar-refractivity contribution is 7.80. The van der Waals surface area contributed by atoms with Crippen LogP contribution in [0.1, 0.15) is 12.5 Å². The van der Waals surface area contributed by atoms with Crippen LogP contribution in [0.4, 0.5) is 11.4 Å². The van der Waals surface area contributed by atoms with Crippen molar-refractivity contribution in [3.05, 3.63) is 60.2 Å². The predicted molar refractivity (Wildman–Crippen MR) is 115 cm³/mol. The lowest BCUT2D eigenvalue weighted by Crippen LogP contribution is -2.46. The molecule has 1 saturated heterocycles. The molecule has 0 aliphatic carbocycles. The van der Waals surface area contributed by atoms with Crippen molar-refractivity contribution in [3.8, 4) is 0 Å². The van der Waals surface area contributed by atoms with Gasteiger partial charge in [-0.15, -0.1) is 0 Å². The number of hydrogen-bond donors (Lipinski definition) is 2. The van der Waals surface area contributed by atoms with E-state index in [4.69, 9.17) is 12.2 Å². The van der Waals surface area contributed by atoms with Crippen molar-refractivity contribution in [2.75, 3.05) is 42.9 Å². The molecule has 0 radical (unpaired) electrons. The summed E-state index contributed by atoms with van der Waals surface area (Å²) < 4.78 is 0. The van der Waals surface area contributed by atoms with E-state index >= 15 is 0 Å². The van der Waals surface area contributed by atoms with Gasteiger partial charge in [-0.25, -0.2) is 0 Å². The van der Waals surface area contributed by atoms with Gasteiger partial charge < -0.3 is 20.4 Å². The fourth-order valence-corrected chi connectivity index (χ4v) is 3.42. The molecule has 6 heteroatoms. The Balaban J connectivity index is 1.47. The Kier molecular flexibility index (Phi) is 6.79. The second kappa shape index (κ2) is 9.48. The molecule has 2 aromatic carbocycles. The van der Waals surface area contributed by atoms with E-state index in [9.17, 15) is 4.79 Å². The van der Waals surface area contributed by atoms with Gasteiger partial charge in [-0.1, -0.05) is 37.3 Å². The molecular formula is C21H26N4OS. The highest BCUT2D eigenvalue weighted by atomic mass is 32.1. The van der Waals surface area contributed by atoms with Gasteiger partial charge in [0.15, 0.2) is 5.11 Å². The molecule has 1 amide bonds. The van der Waals surface area contributed by atoms with E-state index in [-0.39, 0.29) is 5.91 Å². The lowest BCUT2D eigenvalue weighted by molar-refractivity contribution is -0.119. The van der Waals surface area contributed by atoms with Crippen molar-refractivity contribution in [1.29, 1.82) is 0 Å². The highest BCUT2D eigenvalue weighted by Gasteiger charge is 2.15. The molecule has 2 aromatic rings.